The van der Waals surface area contributed by atoms with Crippen molar-refractivity contribution in [3.05, 3.63) is 11.3 Å². The number of esters is 1. The number of nitrogens with one attached hydrogen (secondary N) is 2. The zero-order valence-corrected chi connectivity index (χ0v) is 12.2. The summed E-state index contributed by atoms with van der Waals surface area (Å²) in [6, 6.07) is 0. The summed E-state index contributed by atoms with van der Waals surface area (Å²) in [5.74, 6) is -0.400. The van der Waals surface area contributed by atoms with E-state index in [-0.39, 0.29) is 11.9 Å². The fourth-order valence-electron chi connectivity index (χ4n) is 1.51. The molecule has 19 heavy (non-hydrogen) atoms. The Balaban J connectivity index is 2.59. The first-order valence-electron chi connectivity index (χ1n) is 6.24. The van der Waals surface area contributed by atoms with Crippen LogP contribution in [0.25, 0.3) is 0 Å². The van der Waals surface area contributed by atoms with Crippen molar-refractivity contribution in [3.8, 4) is 0 Å². The molecule has 0 aliphatic carbocycles. The van der Waals surface area contributed by atoms with Crippen molar-refractivity contribution in [1.82, 2.24) is 9.69 Å². The van der Waals surface area contributed by atoms with Gasteiger partial charge in [-0.3, -0.25) is 4.79 Å². The van der Waals surface area contributed by atoms with Crippen molar-refractivity contribution in [1.29, 1.82) is 0 Å². The van der Waals surface area contributed by atoms with E-state index in [0.717, 1.165) is 0 Å². The third kappa shape index (κ3) is 4.51. The summed E-state index contributed by atoms with van der Waals surface area (Å²) in [7, 11) is 0. The molecule has 0 aromatic carbocycles. The van der Waals surface area contributed by atoms with Crippen molar-refractivity contribution in [3.63, 3.8) is 0 Å². The van der Waals surface area contributed by atoms with E-state index in [1.165, 1.54) is 11.5 Å². The Hall–Kier alpha value is -1.63. The first kappa shape index (κ1) is 15.4. The van der Waals surface area contributed by atoms with Gasteiger partial charge in [-0.05, 0) is 32.3 Å². The van der Waals surface area contributed by atoms with Gasteiger partial charge in [0.15, 0.2) is 0 Å². The van der Waals surface area contributed by atoms with Gasteiger partial charge in [-0.1, -0.05) is 0 Å². The summed E-state index contributed by atoms with van der Waals surface area (Å²) in [6.45, 7) is 6.79. The van der Waals surface area contributed by atoms with Crippen LogP contribution in [0.2, 0.25) is 0 Å². The molecule has 2 N–H and O–H groups in total. The van der Waals surface area contributed by atoms with Gasteiger partial charge in [0.25, 0.3) is 0 Å². The Morgan fingerprint density at radius 1 is 1.37 bits per heavy atom. The van der Waals surface area contributed by atoms with Crippen LogP contribution in [0.15, 0.2) is 0 Å². The van der Waals surface area contributed by atoms with Gasteiger partial charge >= 0.3 is 5.97 Å². The first-order valence-corrected chi connectivity index (χ1v) is 7.01. The maximum atomic E-state index is 11.8. The first-order chi connectivity index (χ1) is 9.10. The molecule has 1 amide bonds. The van der Waals surface area contributed by atoms with E-state index >= 15 is 0 Å². The summed E-state index contributed by atoms with van der Waals surface area (Å²) in [6.07, 6.45) is 0.354. The molecule has 1 aromatic rings. The quantitative estimate of drug-likeness (QED) is 0.743. The maximum Gasteiger partial charge on any atom is 0.343 e. The van der Waals surface area contributed by atoms with Crippen LogP contribution < -0.4 is 10.6 Å². The predicted molar refractivity (Wildman–Crippen MR) is 74.6 cm³/mol. The van der Waals surface area contributed by atoms with Gasteiger partial charge in [0.2, 0.25) is 5.91 Å². The van der Waals surface area contributed by atoms with Crippen molar-refractivity contribution >= 4 is 28.4 Å². The predicted octanol–water partition coefficient (Wildman–Crippen LogP) is 1.57. The second kappa shape index (κ2) is 7.73. The Labute approximate surface area is 116 Å². The normalized spacial score (nSPS) is 10.1. The van der Waals surface area contributed by atoms with Crippen molar-refractivity contribution in [2.24, 2.45) is 0 Å². The summed E-state index contributed by atoms with van der Waals surface area (Å²) in [4.78, 5) is 23.1. The van der Waals surface area contributed by atoms with Crippen molar-refractivity contribution in [2.45, 2.75) is 27.2 Å². The molecule has 6 nitrogen and oxygen atoms in total. The van der Waals surface area contributed by atoms with E-state index in [1.807, 2.05) is 6.92 Å². The van der Waals surface area contributed by atoms with E-state index in [2.05, 4.69) is 15.0 Å². The van der Waals surface area contributed by atoms with Crippen LogP contribution in [-0.2, 0) is 9.53 Å². The van der Waals surface area contributed by atoms with Crippen LogP contribution in [-0.4, -0.2) is 35.9 Å². The monoisotopic (exact) mass is 285 g/mol. The highest BCUT2D eigenvalue weighted by Gasteiger charge is 2.19. The number of carbonyl (C=O) groups is 2. The number of ether oxygens (including phenoxy) is 1. The lowest BCUT2D eigenvalue weighted by Crippen LogP contribution is -2.24. The van der Waals surface area contributed by atoms with E-state index in [0.29, 0.717) is 42.4 Å². The Kier molecular flexibility index (Phi) is 6.27. The number of carbonyl (C=O) groups excluding carboxylic acids is 2. The molecular weight excluding hydrogens is 266 g/mol. The Bertz CT molecular complexity index is 445. The van der Waals surface area contributed by atoms with E-state index in [4.69, 9.17) is 4.74 Å². The van der Waals surface area contributed by atoms with Crippen molar-refractivity contribution in [2.75, 3.05) is 25.0 Å². The third-order valence-electron chi connectivity index (χ3n) is 2.35. The molecule has 0 spiro atoms. The van der Waals surface area contributed by atoms with Crippen LogP contribution in [0.5, 0.6) is 0 Å². The molecule has 1 rings (SSSR count). The summed E-state index contributed by atoms with van der Waals surface area (Å²) in [5, 5.41) is 6.42. The lowest BCUT2D eigenvalue weighted by molar-refractivity contribution is -0.120. The van der Waals surface area contributed by atoms with E-state index < -0.39 is 0 Å². The molecular formula is C12H19N3O3S. The standard InChI is InChI=1S/C12H19N3O3S/c1-4-13-9(16)6-7-14-11-10(8(3)15-19-11)12(17)18-5-2/h14H,4-7H2,1-3H3,(H,13,16). The molecule has 1 heterocycles. The number of nitrogens with zero attached hydrogens (tertiary/aromatic N) is 1. The molecule has 0 atom stereocenters. The minimum atomic E-state index is -0.380. The molecule has 0 saturated carbocycles. The molecule has 106 valence electrons. The minimum absolute atomic E-state index is 0.0195. The zero-order chi connectivity index (χ0) is 14.3. The lowest BCUT2D eigenvalue weighted by Gasteiger charge is -2.07. The number of aromatic nitrogens is 1. The summed E-state index contributed by atoms with van der Waals surface area (Å²) in [5.41, 5.74) is 1.10. The van der Waals surface area contributed by atoms with Gasteiger partial charge in [-0.2, -0.15) is 4.37 Å². The average molecular weight is 285 g/mol. The molecule has 0 aliphatic heterocycles. The van der Waals surface area contributed by atoms with Gasteiger partial charge < -0.3 is 15.4 Å². The fourth-order valence-corrected chi connectivity index (χ4v) is 2.32. The smallest absolute Gasteiger partial charge is 0.343 e. The van der Waals surface area contributed by atoms with Crippen LogP contribution in [0.1, 0.15) is 36.3 Å². The van der Waals surface area contributed by atoms with Gasteiger partial charge in [0, 0.05) is 19.5 Å². The SMILES string of the molecule is CCNC(=O)CCNc1snc(C)c1C(=O)OCC. The molecule has 0 unspecified atom stereocenters. The van der Waals surface area contributed by atoms with E-state index in [9.17, 15) is 9.59 Å². The third-order valence-corrected chi connectivity index (χ3v) is 3.25. The number of rotatable bonds is 7. The Morgan fingerprint density at radius 3 is 2.74 bits per heavy atom. The van der Waals surface area contributed by atoms with Gasteiger partial charge in [0.05, 0.1) is 12.3 Å². The topological polar surface area (TPSA) is 80.3 Å². The highest BCUT2D eigenvalue weighted by molar-refractivity contribution is 7.10. The molecule has 0 fully saturated rings. The van der Waals surface area contributed by atoms with E-state index in [1.54, 1.807) is 13.8 Å². The fraction of sp³-hybridized carbons (Fsp3) is 0.583. The van der Waals surface area contributed by atoms with Crippen LogP contribution in [0.4, 0.5) is 5.00 Å². The average Bonchev–Trinajstić information content (AvgIpc) is 2.71. The van der Waals surface area contributed by atoms with Gasteiger partial charge in [0.1, 0.15) is 10.6 Å². The van der Waals surface area contributed by atoms with Crippen LogP contribution in [0, 0.1) is 6.92 Å². The number of aryl methyl sites for hydroxylation is 1. The second-order valence-corrected chi connectivity index (χ2v) is 4.60. The highest BCUT2D eigenvalue weighted by Crippen LogP contribution is 2.25. The maximum absolute atomic E-state index is 11.8. The highest BCUT2D eigenvalue weighted by atomic mass is 32.1. The summed E-state index contributed by atoms with van der Waals surface area (Å²) >= 11 is 1.20. The number of hydrogen-bond acceptors (Lipinski definition) is 6. The molecule has 0 aliphatic rings. The lowest BCUT2D eigenvalue weighted by atomic mass is 10.2. The summed E-state index contributed by atoms with van der Waals surface area (Å²) < 4.78 is 9.11. The largest absolute Gasteiger partial charge is 0.462 e. The zero-order valence-electron chi connectivity index (χ0n) is 11.4. The second-order valence-electron chi connectivity index (χ2n) is 3.82. The molecule has 0 saturated heterocycles. The Morgan fingerprint density at radius 2 is 2.11 bits per heavy atom. The number of amides is 1. The van der Waals surface area contributed by atoms with Crippen LogP contribution >= 0.6 is 11.5 Å². The number of anilines is 1. The van der Waals surface area contributed by atoms with Crippen molar-refractivity contribution < 1.29 is 14.3 Å². The minimum Gasteiger partial charge on any atom is -0.462 e. The van der Waals surface area contributed by atoms with Crippen LogP contribution in [0.3, 0.4) is 0 Å². The molecule has 0 radical (unpaired) electrons. The molecule has 0 bridgehead atoms. The van der Waals surface area contributed by atoms with Gasteiger partial charge in [-0.25, -0.2) is 4.79 Å². The molecule has 1 aromatic heterocycles. The van der Waals surface area contributed by atoms with Gasteiger partial charge in [-0.15, -0.1) is 0 Å². The molecule has 7 heteroatoms. The number of hydrogen-bond donors (Lipinski definition) is 2.